The highest BCUT2D eigenvalue weighted by molar-refractivity contribution is 6.35. The van der Waals surface area contributed by atoms with Gasteiger partial charge in [-0.15, -0.1) is 0 Å². The number of nitrogens with one attached hydrogen (secondary N) is 2. The molecule has 11 heteroatoms. The Morgan fingerprint density at radius 3 is 2.82 bits per heavy atom. The average molecular weight is 417 g/mol. The number of aromatic nitrogens is 6. The van der Waals surface area contributed by atoms with E-state index in [-0.39, 0.29) is 16.4 Å². The maximum Gasteiger partial charge on any atom is 0.268 e. The number of hydrogen-bond acceptors (Lipinski definition) is 7. The zero-order valence-electron chi connectivity index (χ0n) is 14.5. The number of nitrogens with two attached hydrogens (primary N) is 1. The number of aromatic amines is 1. The van der Waals surface area contributed by atoms with Crippen molar-refractivity contribution in [3.05, 3.63) is 63.0 Å². The number of fused-ring (bicyclic) bond motifs is 1. The monoisotopic (exact) mass is 416 g/mol. The van der Waals surface area contributed by atoms with Crippen molar-refractivity contribution >= 4 is 45.7 Å². The fraction of sp³-hybridized carbons (Fsp3) is 0.118. The zero-order valence-corrected chi connectivity index (χ0v) is 16.0. The van der Waals surface area contributed by atoms with Crippen molar-refractivity contribution in [1.82, 2.24) is 29.7 Å². The summed E-state index contributed by atoms with van der Waals surface area (Å²) >= 11 is 12.4. The molecule has 3 aromatic heterocycles. The lowest BCUT2D eigenvalue weighted by Gasteiger charge is -2.19. The van der Waals surface area contributed by atoms with Crippen LogP contribution in [0.3, 0.4) is 0 Å². The van der Waals surface area contributed by atoms with Gasteiger partial charge in [0.2, 0.25) is 0 Å². The quantitative estimate of drug-likeness (QED) is 0.466. The summed E-state index contributed by atoms with van der Waals surface area (Å²) in [6.07, 6.45) is 2.84. The van der Waals surface area contributed by atoms with Crippen molar-refractivity contribution in [3.63, 3.8) is 0 Å². The molecule has 0 saturated carbocycles. The van der Waals surface area contributed by atoms with Crippen molar-refractivity contribution in [2.45, 2.75) is 13.0 Å². The normalized spacial score (nSPS) is 12.2. The van der Waals surface area contributed by atoms with Gasteiger partial charge in [-0.1, -0.05) is 29.3 Å². The standard InChI is InChI=1S/C17H14Cl2N8O/c1-8(24-15-13(19)14(20)21-7-22-15)16-25-10-4-2-3-9(18)12(10)17(28)27(16)11-5-6-23-26-11/h2-8H,1H3,(H,23,26)(H3,20,21,22,24). The molecular formula is C17H14Cl2N8O. The van der Waals surface area contributed by atoms with E-state index in [0.29, 0.717) is 33.4 Å². The third kappa shape index (κ3) is 3.04. The van der Waals surface area contributed by atoms with Gasteiger partial charge in [-0.25, -0.2) is 19.5 Å². The Labute approximate surface area is 168 Å². The smallest absolute Gasteiger partial charge is 0.268 e. The summed E-state index contributed by atoms with van der Waals surface area (Å²) in [7, 11) is 0. The van der Waals surface area contributed by atoms with E-state index >= 15 is 0 Å². The number of anilines is 2. The third-order valence-electron chi connectivity index (χ3n) is 4.16. The summed E-state index contributed by atoms with van der Waals surface area (Å²) in [6.45, 7) is 1.82. The molecule has 0 aliphatic carbocycles. The summed E-state index contributed by atoms with van der Waals surface area (Å²) in [6, 6.07) is 6.31. The largest absolute Gasteiger partial charge is 0.382 e. The number of rotatable bonds is 4. The van der Waals surface area contributed by atoms with Crippen LogP contribution in [0.1, 0.15) is 18.8 Å². The molecule has 1 aromatic carbocycles. The van der Waals surface area contributed by atoms with Crippen molar-refractivity contribution in [3.8, 4) is 5.82 Å². The fourth-order valence-corrected chi connectivity index (χ4v) is 3.26. The number of benzene rings is 1. The van der Waals surface area contributed by atoms with Gasteiger partial charge in [0.1, 0.15) is 28.8 Å². The minimum absolute atomic E-state index is 0.149. The van der Waals surface area contributed by atoms with E-state index in [2.05, 4.69) is 30.5 Å². The molecule has 0 aliphatic rings. The van der Waals surface area contributed by atoms with Crippen molar-refractivity contribution in [2.75, 3.05) is 11.1 Å². The Bertz CT molecular complexity index is 1220. The SMILES string of the molecule is CC(Nc1ncnc(N)c1Cl)c1nc2cccc(Cl)c2c(=O)n1-c1ccn[nH]1. The number of nitrogen functional groups attached to an aromatic ring is 1. The van der Waals surface area contributed by atoms with Crippen LogP contribution in [-0.4, -0.2) is 29.7 Å². The van der Waals surface area contributed by atoms with Crippen molar-refractivity contribution in [1.29, 1.82) is 0 Å². The molecule has 0 aliphatic heterocycles. The lowest BCUT2D eigenvalue weighted by atomic mass is 10.2. The molecule has 0 amide bonds. The van der Waals surface area contributed by atoms with Gasteiger partial charge in [-0.2, -0.15) is 5.10 Å². The van der Waals surface area contributed by atoms with Crippen LogP contribution in [0.15, 0.2) is 41.6 Å². The molecule has 0 saturated heterocycles. The lowest BCUT2D eigenvalue weighted by molar-refractivity contribution is 0.719. The van der Waals surface area contributed by atoms with Gasteiger partial charge >= 0.3 is 0 Å². The van der Waals surface area contributed by atoms with Gasteiger partial charge in [0.15, 0.2) is 5.82 Å². The van der Waals surface area contributed by atoms with Crippen LogP contribution in [0.25, 0.3) is 16.7 Å². The molecule has 1 unspecified atom stereocenters. The Kier molecular flexibility index (Phi) is 4.62. The molecule has 3 heterocycles. The molecule has 4 aromatic rings. The van der Waals surface area contributed by atoms with Gasteiger partial charge in [-0.05, 0) is 19.1 Å². The first kappa shape index (κ1) is 18.2. The van der Waals surface area contributed by atoms with Crippen LogP contribution in [0.5, 0.6) is 0 Å². The second-order valence-corrected chi connectivity index (χ2v) is 6.76. The van der Waals surface area contributed by atoms with Gasteiger partial charge in [-0.3, -0.25) is 9.89 Å². The van der Waals surface area contributed by atoms with E-state index in [4.69, 9.17) is 28.9 Å². The minimum atomic E-state index is -0.466. The van der Waals surface area contributed by atoms with E-state index in [9.17, 15) is 4.79 Å². The maximum absolute atomic E-state index is 13.2. The van der Waals surface area contributed by atoms with Crippen LogP contribution in [-0.2, 0) is 0 Å². The first-order valence-corrected chi connectivity index (χ1v) is 8.96. The molecule has 142 valence electrons. The zero-order chi connectivity index (χ0) is 19.8. The molecule has 28 heavy (non-hydrogen) atoms. The van der Waals surface area contributed by atoms with Gasteiger partial charge < -0.3 is 11.1 Å². The van der Waals surface area contributed by atoms with Crippen LogP contribution < -0.4 is 16.6 Å². The van der Waals surface area contributed by atoms with Crippen LogP contribution in [0, 0.1) is 0 Å². The highest BCUT2D eigenvalue weighted by Crippen LogP contribution is 2.28. The number of halogens is 2. The van der Waals surface area contributed by atoms with E-state index in [1.807, 2.05) is 6.92 Å². The fourth-order valence-electron chi connectivity index (χ4n) is 2.86. The lowest BCUT2D eigenvalue weighted by Crippen LogP contribution is -2.28. The van der Waals surface area contributed by atoms with E-state index in [0.717, 1.165) is 0 Å². The first-order valence-electron chi connectivity index (χ1n) is 8.20. The van der Waals surface area contributed by atoms with Gasteiger partial charge in [0, 0.05) is 6.07 Å². The first-order chi connectivity index (χ1) is 13.5. The van der Waals surface area contributed by atoms with Crippen LogP contribution in [0.4, 0.5) is 11.6 Å². The maximum atomic E-state index is 13.2. The summed E-state index contributed by atoms with van der Waals surface area (Å²) < 4.78 is 1.41. The number of hydrogen-bond donors (Lipinski definition) is 3. The molecule has 4 rings (SSSR count). The molecule has 0 fully saturated rings. The van der Waals surface area contributed by atoms with E-state index in [1.54, 1.807) is 30.5 Å². The summed E-state index contributed by atoms with van der Waals surface area (Å²) in [5, 5.41) is 10.7. The number of nitrogens with zero attached hydrogens (tertiary/aromatic N) is 5. The molecule has 0 bridgehead atoms. The highest BCUT2D eigenvalue weighted by Gasteiger charge is 2.21. The Morgan fingerprint density at radius 1 is 1.25 bits per heavy atom. The third-order valence-corrected chi connectivity index (χ3v) is 4.84. The average Bonchev–Trinajstić information content (AvgIpc) is 3.19. The van der Waals surface area contributed by atoms with E-state index in [1.165, 1.54) is 10.9 Å². The van der Waals surface area contributed by atoms with Crippen molar-refractivity contribution in [2.24, 2.45) is 0 Å². The predicted molar refractivity (Wildman–Crippen MR) is 108 cm³/mol. The Balaban J connectivity index is 1.91. The molecule has 1 atom stereocenters. The summed E-state index contributed by atoms with van der Waals surface area (Å²) in [4.78, 5) is 25.8. The second-order valence-electron chi connectivity index (χ2n) is 5.97. The summed E-state index contributed by atoms with van der Waals surface area (Å²) in [5.41, 5.74) is 5.89. The van der Waals surface area contributed by atoms with Crippen LogP contribution in [0.2, 0.25) is 10.0 Å². The molecule has 4 N–H and O–H groups in total. The predicted octanol–water partition coefficient (Wildman–Crippen LogP) is 2.96. The number of H-pyrrole nitrogens is 1. The summed E-state index contributed by atoms with van der Waals surface area (Å²) in [5.74, 6) is 1.35. The van der Waals surface area contributed by atoms with E-state index < -0.39 is 6.04 Å². The molecule has 0 radical (unpaired) electrons. The van der Waals surface area contributed by atoms with Gasteiger partial charge in [0.05, 0.1) is 28.2 Å². The topological polar surface area (TPSA) is 127 Å². The second kappa shape index (κ2) is 7.10. The molecule has 0 spiro atoms. The Hall–Kier alpha value is -3.17. The molecule has 9 nitrogen and oxygen atoms in total. The Morgan fingerprint density at radius 2 is 2.07 bits per heavy atom. The van der Waals surface area contributed by atoms with Crippen molar-refractivity contribution < 1.29 is 0 Å². The highest BCUT2D eigenvalue weighted by atomic mass is 35.5. The minimum Gasteiger partial charge on any atom is -0.382 e. The molecular weight excluding hydrogens is 403 g/mol. The van der Waals surface area contributed by atoms with Crippen LogP contribution >= 0.6 is 23.2 Å². The van der Waals surface area contributed by atoms with Gasteiger partial charge in [0.25, 0.3) is 5.56 Å².